The molecule has 0 radical (unpaired) electrons. The van der Waals surface area contributed by atoms with Crippen molar-refractivity contribution in [2.45, 2.75) is 18.8 Å². The smallest absolute Gasteiger partial charge is 0.254 e. The summed E-state index contributed by atoms with van der Waals surface area (Å²) < 4.78 is 0. The van der Waals surface area contributed by atoms with E-state index in [2.05, 4.69) is 10.3 Å². The Balaban J connectivity index is 1.63. The van der Waals surface area contributed by atoms with Crippen molar-refractivity contribution in [3.8, 4) is 0 Å². The van der Waals surface area contributed by atoms with Gasteiger partial charge in [-0.3, -0.25) is 14.8 Å². The molecule has 0 spiro atoms. The van der Waals surface area contributed by atoms with Crippen molar-refractivity contribution < 1.29 is 9.90 Å². The molecular formula is C23H21N5O2. The number of aromatic nitrogens is 1. The number of hydrogen-bond acceptors (Lipinski definition) is 6. The number of nitrogens with zero attached hydrogens (tertiary/aromatic N) is 3. The number of aliphatic imine (C=N–C) groups is 1. The number of aliphatic hydroxyl groups excluding tert-OH is 1. The number of rotatable bonds is 3. The number of carbonyl (C=O) groups excluding carboxylic acids is 1. The largest absolute Gasteiger partial charge is 0.399 e. The summed E-state index contributed by atoms with van der Waals surface area (Å²) in [5, 5.41) is 14.0. The minimum absolute atomic E-state index is 0.340. The van der Waals surface area contributed by atoms with Crippen LogP contribution in [0.25, 0.3) is 0 Å². The van der Waals surface area contributed by atoms with Crippen LogP contribution >= 0.6 is 0 Å². The molecule has 0 saturated heterocycles. The predicted octanol–water partition coefficient (Wildman–Crippen LogP) is 1.95. The van der Waals surface area contributed by atoms with Crippen LogP contribution < -0.4 is 16.0 Å². The lowest BCUT2D eigenvalue weighted by Gasteiger charge is -2.29. The molecule has 1 amide bonds. The highest BCUT2D eigenvalue weighted by molar-refractivity contribution is 6.17. The molecule has 30 heavy (non-hydrogen) atoms. The summed E-state index contributed by atoms with van der Waals surface area (Å²) >= 11 is 0. The number of nitrogen functional groups attached to an aromatic ring is 1. The molecule has 150 valence electrons. The summed E-state index contributed by atoms with van der Waals surface area (Å²) in [7, 11) is 0. The van der Waals surface area contributed by atoms with E-state index in [0.29, 0.717) is 23.5 Å². The molecule has 4 N–H and O–H groups in total. The molecule has 0 saturated carbocycles. The second-order valence-electron chi connectivity index (χ2n) is 7.44. The quantitative estimate of drug-likeness (QED) is 0.584. The molecular weight excluding hydrogens is 378 g/mol. The number of amides is 1. The molecule has 3 heterocycles. The molecule has 2 aliphatic rings. The fourth-order valence-electron chi connectivity index (χ4n) is 4.14. The van der Waals surface area contributed by atoms with Crippen LogP contribution in [-0.2, 0) is 6.42 Å². The summed E-state index contributed by atoms with van der Waals surface area (Å²) in [4.78, 5) is 23.5. The Hall–Kier alpha value is -3.71. The summed E-state index contributed by atoms with van der Waals surface area (Å²) in [6.45, 7) is 0.629. The third-order valence-electron chi connectivity index (χ3n) is 5.50. The van der Waals surface area contributed by atoms with Gasteiger partial charge >= 0.3 is 0 Å². The fraction of sp³-hybridized carbons (Fsp3) is 0.174. The normalized spacial score (nSPS) is 19.6. The first-order chi connectivity index (χ1) is 14.6. The van der Waals surface area contributed by atoms with Crippen LogP contribution in [0.1, 0.15) is 27.0 Å². The zero-order valence-corrected chi connectivity index (χ0v) is 16.2. The van der Waals surface area contributed by atoms with E-state index in [0.717, 1.165) is 28.8 Å². The molecule has 2 aromatic carbocycles. The minimum Gasteiger partial charge on any atom is -0.399 e. The third-order valence-corrected chi connectivity index (χ3v) is 5.50. The van der Waals surface area contributed by atoms with Gasteiger partial charge in [-0.15, -0.1) is 0 Å². The van der Waals surface area contributed by atoms with E-state index in [4.69, 9.17) is 10.7 Å². The molecule has 0 aliphatic carbocycles. The van der Waals surface area contributed by atoms with E-state index in [1.165, 1.54) is 6.20 Å². The Morgan fingerprint density at radius 2 is 2.00 bits per heavy atom. The number of anilines is 2. The first kappa shape index (κ1) is 18.3. The summed E-state index contributed by atoms with van der Waals surface area (Å²) in [6, 6.07) is 17.0. The van der Waals surface area contributed by atoms with Gasteiger partial charge in [0.2, 0.25) is 0 Å². The lowest BCUT2D eigenvalue weighted by molar-refractivity contribution is 0.0839. The van der Waals surface area contributed by atoms with Crippen molar-refractivity contribution in [3.63, 3.8) is 0 Å². The van der Waals surface area contributed by atoms with Crippen LogP contribution in [0.4, 0.5) is 11.4 Å². The standard InChI is InChI=1S/C23H21N5O2/c24-17-11-15-8-10-28-20(15)18(12-17)19(14-5-2-1-3-6-14)26-21(23(28)30)27-22(29)16-7-4-9-25-13-16/h1-7,9,11-13,21,23,30H,8,10,24H2,(H,27,29)/t21-,23?/m0/s1. The van der Waals surface area contributed by atoms with Gasteiger partial charge in [-0.05, 0) is 36.2 Å². The molecule has 5 rings (SSSR count). The van der Waals surface area contributed by atoms with Gasteiger partial charge in [-0.2, -0.15) is 0 Å². The first-order valence-corrected chi connectivity index (χ1v) is 9.83. The lowest BCUT2D eigenvalue weighted by atomic mass is 9.97. The van der Waals surface area contributed by atoms with Crippen LogP contribution in [0.5, 0.6) is 0 Å². The topological polar surface area (TPSA) is 104 Å². The highest BCUT2D eigenvalue weighted by Gasteiger charge is 2.37. The van der Waals surface area contributed by atoms with Crippen LogP contribution in [0.15, 0.2) is 72.0 Å². The maximum Gasteiger partial charge on any atom is 0.254 e. The monoisotopic (exact) mass is 399 g/mol. The second-order valence-corrected chi connectivity index (χ2v) is 7.44. The van der Waals surface area contributed by atoms with Crippen molar-refractivity contribution in [1.29, 1.82) is 0 Å². The predicted molar refractivity (Wildman–Crippen MR) is 115 cm³/mol. The van der Waals surface area contributed by atoms with E-state index >= 15 is 0 Å². The van der Waals surface area contributed by atoms with Crippen molar-refractivity contribution >= 4 is 23.0 Å². The van der Waals surface area contributed by atoms with E-state index in [1.807, 2.05) is 47.4 Å². The van der Waals surface area contributed by atoms with Crippen molar-refractivity contribution in [1.82, 2.24) is 10.3 Å². The molecule has 2 atom stereocenters. The highest BCUT2D eigenvalue weighted by Crippen LogP contribution is 2.39. The van der Waals surface area contributed by atoms with E-state index in [9.17, 15) is 9.90 Å². The van der Waals surface area contributed by atoms with Crippen LogP contribution in [0.2, 0.25) is 0 Å². The van der Waals surface area contributed by atoms with E-state index < -0.39 is 12.4 Å². The second kappa shape index (κ2) is 7.27. The van der Waals surface area contributed by atoms with Gasteiger partial charge in [0.25, 0.3) is 5.91 Å². The van der Waals surface area contributed by atoms with Crippen molar-refractivity contribution in [2.75, 3.05) is 17.2 Å². The summed E-state index contributed by atoms with van der Waals surface area (Å²) in [6.07, 6.45) is 2.01. The maximum atomic E-state index is 12.8. The molecule has 7 heteroatoms. The van der Waals surface area contributed by atoms with Gasteiger partial charge in [-0.25, -0.2) is 0 Å². The highest BCUT2D eigenvalue weighted by atomic mass is 16.3. The first-order valence-electron chi connectivity index (χ1n) is 9.83. The Labute approximate surface area is 173 Å². The van der Waals surface area contributed by atoms with Gasteiger partial charge in [-0.1, -0.05) is 30.3 Å². The average Bonchev–Trinajstić information content (AvgIpc) is 3.16. The minimum atomic E-state index is -1.00. The maximum absolute atomic E-state index is 12.8. The zero-order chi connectivity index (χ0) is 20.7. The number of benzene rings is 2. The Bertz CT molecular complexity index is 1130. The van der Waals surface area contributed by atoms with E-state index in [-0.39, 0.29) is 5.91 Å². The Morgan fingerprint density at radius 3 is 2.77 bits per heavy atom. The number of nitrogens with two attached hydrogens (primary N) is 1. The Kier molecular flexibility index (Phi) is 4.44. The number of hydrogen-bond donors (Lipinski definition) is 3. The number of pyridine rings is 1. The SMILES string of the molecule is Nc1cc2c3c(c1)C(c1ccccc1)=N[C@@H](NC(=O)c1cccnc1)C(O)N3CC2. The van der Waals surface area contributed by atoms with Crippen LogP contribution in [0, 0.1) is 0 Å². The molecule has 0 fully saturated rings. The zero-order valence-electron chi connectivity index (χ0n) is 16.2. The van der Waals surface area contributed by atoms with Gasteiger partial charge in [0.05, 0.1) is 17.0 Å². The summed E-state index contributed by atoms with van der Waals surface area (Å²) in [5.41, 5.74) is 11.7. The number of aliphatic hydroxyl groups is 1. The third kappa shape index (κ3) is 3.09. The van der Waals surface area contributed by atoms with Gasteiger partial charge < -0.3 is 21.1 Å². The molecule has 2 aliphatic heterocycles. The summed E-state index contributed by atoms with van der Waals surface area (Å²) in [5.74, 6) is -0.340. The average molecular weight is 399 g/mol. The van der Waals surface area contributed by atoms with Crippen LogP contribution in [-0.4, -0.2) is 40.6 Å². The van der Waals surface area contributed by atoms with Gasteiger partial charge in [0.1, 0.15) is 0 Å². The van der Waals surface area contributed by atoms with Gasteiger partial charge in [0, 0.05) is 35.8 Å². The van der Waals surface area contributed by atoms with Crippen LogP contribution in [0.3, 0.4) is 0 Å². The molecule has 0 bridgehead atoms. The van der Waals surface area contributed by atoms with Crippen molar-refractivity contribution in [3.05, 3.63) is 89.2 Å². The molecule has 7 nitrogen and oxygen atoms in total. The number of nitrogens with one attached hydrogen (secondary N) is 1. The Morgan fingerprint density at radius 1 is 1.17 bits per heavy atom. The van der Waals surface area contributed by atoms with Crippen molar-refractivity contribution in [2.24, 2.45) is 4.99 Å². The molecule has 1 aromatic heterocycles. The number of carbonyl (C=O) groups is 1. The fourth-order valence-corrected chi connectivity index (χ4v) is 4.14. The lowest BCUT2D eigenvalue weighted by Crippen LogP contribution is -2.50. The van der Waals surface area contributed by atoms with Gasteiger partial charge in [0.15, 0.2) is 12.4 Å². The molecule has 1 unspecified atom stereocenters. The molecule has 3 aromatic rings. The van der Waals surface area contributed by atoms with E-state index in [1.54, 1.807) is 18.3 Å².